The van der Waals surface area contributed by atoms with E-state index < -0.39 is 0 Å². The third-order valence-corrected chi connectivity index (χ3v) is 7.14. The van der Waals surface area contributed by atoms with E-state index in [0.29, 0.717) is 0 Å². The van der Waals surface area contributed by atoms with Crippen molar-refractivity contribution in [1.82, 2.24) is 0 Å². The van der Waals surface area contributed by atoms with Gasteiger partial charge in [-0.05, 0) is 0 Å². The second kappa shape index (κ2) is 14.6. The summed E-state index contributed by atoms with van der Waals surface area (Å²) in [4.78, 5) is 0. The molecule has 0 aromatic carbocycles. The second-order valence-corrected chi connectivity index (χ2v) is 9.47. The Bertz CT molecular complexity index is 272. The molecule has 4 fully saturated rings. The SMILES string of the molecule is C1CCC([N-]C2CCCCC2)CC1.C1CCC([N-]C2CCCCC2)CC1.[Mg+2]. The van der Waals surface area contributed by atoms with Crippen LogP contribution in [0.25, 0.3) is 10.6 Å². The molecule has 4 aliphatic carbocycles. The number of rotatable bonds is 4. The van der Waals surface area contributed by atoms with Gasteiger partial charge in [-0.3, -0.25) is 0 Å². The van der Waals surface area contributed by atoms with Gasteiger partial charge in [0.25, 0.3) is 0 Å². The molecule has 0 radical (unpaired) electrons. The third kappa shape index (κ3) is 9.82. The van der Waals surface area contributed by atoms with E-state index >= 15 is 0 Å². The number of nitrogens with zero attached hydrogens (tertiary/aromatic N) is 2. The molecular weight excluding hydrogens is 341 g/mol. The van der Waals surface area contributed by atoms with Crippen LogP contribution in [0.4, 0.5) is 0 Å². The van der Waals surface area contributed by atoms with Crippen LogP contribution in [0.15, 0.2) is 0 Å². The van der Waals surface area contributed by atoms with Crippen LogP contribution in [0.5, 0.6) is 0 Å². The molecule has 2 nitrogen and oxygen atoms in total. The van der Waals surface area contributed by atoms with Gasteiger partial charge in [-0.1, -0.05) is 128 Å². The van der Waals surface area contributed by atoms with Crippen molar-refractivity contribution >= 4 is 23.1 Å². The zero-order valence-electron chi connectivity index (χ0n) is 18.1. The first kappa shape index (κ1) is 24.0. The number of hydrogen-bond acceptors (Lipinski definition) is 0. The van der Waals surface area contributed by atoms with E-state index in [1.165, 1.54) is 128 Å². The van der Waals surface area contributed by atoms with Gasteiger partial charge in [0.15, 0.2) is 0 Å². The molecule has 0 heterocycles. The molecular formula is C24H44MgN2. The first-order valence-corrected chi connectivity index (χ1v) is 12.3. The van der Waals surface area contributed by atoms with E-state index in [0.717, 1.165) is 24.2 Å². The Morgan fingerprint density at radius 2 is 0.481 bits per heavy atom. The quantitative estimate of drug-likeness (QED) is 0.445. The van der Waals surface area contributed by atoms with E-state index in [-0.39, 0.29) is 23.1 Å². The van der Waals surface area contributed by atoms with Crippen LogP contribution >= 0.6 is 0 Å². The average Bonchev–Trinajstić information content (AvgIpc) is 2.72. The zero-order valence-corrected chi connectivity index (χ0v) is 19.5. The summed E-state index contributed by atoms with van der Waals surface area (Å²) in [7, 11) is 0. The topological polar surface area (TPSA) is 28.2 Å². The van der Waals surface area contributed by atoms with E-state index in [9.17, 15) is 0 Å². The minimum atomic E-state index is 0. The van der Waals surface area contributed by atoms with Crippen LogP contribution in [0.2, 0.25) is 0 Å². The predicted octanol–water partition coefficient (Wildman–Crippen LogP) is 7.67. The molecule has 0 aromatic heterocycles. The van der Waals surface area contributed by atoms with Crippen molar-refractivity contribution in [2.24, 2.45) is 0 Å². The molecule has 0 spiro atoms. The molecule has 0 bridgehead atoms. The molecule has 0 unspecified atom stereocenters. The molecule has 27 heavy (non-hydrogen) atoms. The third-order valence-electron chi connectivity index (χ3n) is 7.14. The van der Waals surface area contributed by atoms with Crippen LogP contribution in [0, 0.1) is 0 Å². The maximum absolute atomic E-state index is 5.00. The molecule has 0 amide bonds. The van der Waals surface area contributed by atoms with E-state index in [4.69, 9.17) is 10.6 Å². The van der Waals surface area contributed by atoms with Gasteiger partial charge in [-0.25, -0.2) is 0 Å². The van der Waals surface area contributed by atoms with Gasteiger partial charge in [0.05, 0.1) is 0 Å². The summed E-state index contributed by atoms with van der Waals surface area (Å²) < 4.78 is 0. The monoisotopic (exact) mass is 384 g/mol. The fourth-order valence-corrected chi connectivity index (χ4v) is 5.52. The van der Waals surface area contributed by atoms with Crippen LogP contribution < -0.4 is 0 Å². The largest absolute Gasteiger partial charge is 2.00 e. The van der Waals surface area contributed by atoms with Gasteiger partial charge in [0.2, 0.25) is 0 Å². The van der Waals surface area contributed by atoms with E-state index in [1.54, 1.807) is 0 Å². The van der Waals surface area contributed by atoms with Crippen molar-refractivity contribution in [2.75, 3.05) is 0 Å². The molecule has 3 heteroatoms. The normalized spacial score (nSPS) is 26.7. The van der Waals surface area contributed by atoms with Gasteiger partial charge >= 0.3 is 23.1 Å². The average molecular weight is 385 g/mol. The Balaban J connectivity index is 0.000000187. The molecule has 0 aromatic rings. The van der Waals surface area contributed by atoms with Gasteiger partial charge in [-0.2, -0.15) is 0 Å². The van der Waals surface area contributed by atoms with Crippen molar-refractivity contribution in [3.63, 3.8) is 0 Å². The second-order valence-electron chi connectivity index (χ2n) is 9.47. The molecule has 0 aliphatic heterocycles. The van der Waals surface area contributed by atoms with Gasteiger partial charge < -0.3 is 10.6 Å². The van der Waals surface area contributed by atoms with Crippen LogP contribution in [0.1, 0.15) is 128 Å². The summed E-state index contributed by atoms with van der Waals surface area (Å²) >= 11 is 0. The fraction of sp³-hybridized carbons (Fsp3) is 1.00. The van der Waals surface area contributed by atoms with Crippen molar-refractivity contribution in [3.8, 4) is 0 Å². The maximum atomic E-state index is 5.00. The summed E-state index contributed by atoms with van der Waals surface area (Å²) in [6, 6.07) is 2.99. The predicted molar refractivity (Wildman–Crippen MR) is 120 cm³/mol. The molecule has 152 valence electrons. The van der Waals surface area contributed by atoms with Crippen molar-refractivity contribution in [3.05, 3.63) is 10.6 Å². The Morgan fingerprint density at radius 1 is 0.296 bits per heavy atom. The summed E-state index contributed by atoms with van der Waals surface area (Å²) in [6.45, 7) is 0. The molecule has 0 atom stereocenters. The molecule has 0 saturated heterocycles. The van der Waals surface area contributed by atoms with Crippen LogP contribution in [-0.2, 0) is 0 Å². The minimum absolute atomic E-state index is 0. The van der Waals surface area contributed by atoms with E-state index in [1.807, 2.05) is 0 Å². The Morgan fingerprint density at radius 3 is 0.667 bits per heavy atom. The van der Waals surface area contributed by atoms with Crippen molar-refractivity contribution < 1.29 is 0 Å². The van der Waals surface area contributed by atoms with Crippen LogP contribution in [0.3, 0.4) is 0 Å². The Hall–Kier alpha value is 0.686. The Kier molecular flexibility index (Phi) is 13.0. The maximum Gasteiger partial charge on any atom is 2.00 e. The number of hydrogen-bond donors (Lipinski definition) is 0. The van der Waals surface area contributed by atoms with Gasteiger partial charge in [0, 0.05) is 0 Å². The van der Waals surface area contributed by atoms with Gasteiger partial charge in [0.1, 0.15) is 0 Å². The molecule has 4 saturated carbocycles. The van der Waals surface area contributed by atoms with Crippen LogP contribution in [-0.4, -0.2) is 47.2 Å². The van der Waals surface area contributed by atoms with Crippen molar-refractivity contribution in [2.45, 2.75) is 153 Å². The van der Waals surface area contributed by atoms with Gasteiger partial charge in [-0.15, -0.1) is 24.2 Å². The summed E-state index contributed by atoms with van der Waals surface area (Å²) in [5.74, 6) is 0. The fourth-order valence-electron chi connectivity index (χ4n) is 5.52. The Labute approximate surface area is 185 Å². The standard InChI is InChI=1S/2C12H22N.Mg/c2*1-3-7-11(8-4-1)13-12-9-5-2-6-10-12;/h2*11-12H,1-10H2;/q2*-1;+2. The van der Waals surface area contributed by atoms with E-state index in [2.05, 4.69) is 0 Å². The summed E-state index contributed by atoms with van der Waals surface area (Å²) in [5, 5.41) is 9.99. The first-order chi connectivity index (χ1) is 12.9. The zero-order chi connectivity index (χ0) is 17.9. The molecule has 4 aliphatic rings. The molecule has 4 rings (SSSR count). The minimum Gasteiger partial charge on any atom is -0.657 e. The summed E-state index contributed by atoms with van der Waals surface area (Å²) in [6.07, 6.45) is 28.4. The smallest absolute Gasteiger partial charge is 0.657 e. The summed E-state index contributed by atoms with van der Waals surface area (Å²) in [5.41, 5.74) is 0. The molecule has 0 N–H and O–H groups in total. The van der Waals surface area contributed by atoms with Crippen molar-refractivity contribution in [1.29, 1.82) is 0 Å². The first-order valence-electron chi connectivity index (χ1n) is 12.3.